The van der Waals surface area contributed by atoms with Crippen molar-refractivity contribution in [1.82, 2.24) is 21.3 Å². The molecule has 1 aromatic rings. The number of nitrogens with one attached hydrogen (secondary N) is 4. The molecule has 0 saturated carbocycles. The molecule has 0 heterocycles. The van der Waals surface area contributed by atoms with Gasteiger partial charge in [-0.25, -0.2) is 9.59 Å². The quantitative estimate of drug-likeness (QED) is 0.0345. The first-order valence-electron chi connectivity index (χ1n) is 25.1. The van der Waals surface area contributed by atoms with Gasteiger partial charge in [0.2, 0.25) is 17.7 Å². The molecule has 410 valence electrons. The number of unbranched alkanes of at least 4 members (excludes halogenated alkanes) is 2. The summed E-state index contributed by atoms with van der Waals surface area (Å²) in [6.07, 6.45) is 5.29. The number of esters is 1. The van der Waals surface area contributed by atoms with Crippen LogP contribution in [0, 0.1) is 3.57 Å². The van der Waals surface area contributed by atoms with Crippen molar-refractivity contribution in [3.63, 3.8) is 0 Å². The van der Waals surface area contributed by atoms with Crippen LogP contribution in [0.25, 0.3) is 0 Å². The van der Waals surface area contributed by atoms with Gasteiger partial charge in [0.1, 0.15) is 17.2 Å². The first-order valence-corrected chi connectivity index (χ1v) is 26.2. The lowest BCUT2D eigenvalue weighted by molar-refractivity contribution is -0.159. The maximum Gasteiger partial charge on any atom is 0.407 e. The number of amides is 4. The normalized spacial score (nSPS) is 12.5. The number of hydrogen-bond acceptors (Lipinski definition) is 16. The summed E-state index contributed by atoms with van der Waals surface area (Å²) in [4.78, 5) is 61.6. The van der Waals surface area contributed by atoms with Crippen LogP contribution < -0.4 is 27.0 Å². The van der Waals surface area contributed by atoms with E-state index in [1.54, 1.807) is 41.5 Å². The van der Waals surface area contributed by atoms with Gasteiger partial charge in [0.25, 0.3) is 0 Å². The Balaban J connectivity index is 1.91. The third kappa shape index (κ3) is 42.9. The van der Waals surface area contributed by atoms with E-state index in [0.717, 1.165) is 12.8 Å². The van der Waals surface area contributed by atoms with Gasteiger partial charge >= 0.3 is 12.1 Å². The van der Waals surface area contributed by atoms with E-state index in [1.807, 2.05) is 0 Å². The molecular weight excluding hydrogens is 1040 g/mol. The van der Waals surface area contributed by atoms with Crippen molar-refractivity contribution in [3.05, 3.63) is 33.4 Å². The summed E-state index contributed by atoms with van der Waals surface area (Å²) in [6.45, 7) is 18.3. The van der Waals surface area contributed by atoms with Crippen LogP contribution >= 0.6 is 22.6 Å². The molecule has 6 N–H and O–H groups in total. The van der Waals surface area contributed by atoms with E-state index >= 15 is 0 Å². The molecule has 20 nitrogen and oxygen atoms in total. The zero-order valence-corrected chi connectivity index (χ0v) is 45.7. The van der Waals surface area contributed by atoms with Gasteiger partial charge in [0, 0.05) is 36.0 Å². The van der Waals surface area contributed by atoms with Gasteiger partial charge in [0.05, 0.1) is 112 Å². The number of nitrogens with two attached hydrogens (primary N) is 1. The first kappa shape index (κ1) is 65.8. The van der Waals surface area contributed by atoms with E-state index in [1.165, 1.54) is 9.13 Å². The summed E-state index contributed by atoms with van der Waals surface area (Å²) < 4.78 is 56.0. The van der Waals surface area contributed by atoms with Gasteiger partial charge in [-0.1, -0.05) is 12.1 Å². The third-order valence-corrected chi connectivity index (χ3v) is 10.3. The monoisotopic (exact) mass is 1130 g/mol. The molecule has 0 aliphatic rings. The lowest BCUT2D eigenvalue weighted by Gasteiger charge is -2.24. The lowest BCUT2D eigenvalue weighted by atomic mass is 10.1. The highest BCUT2D eigenvalue weighted by Gasteiger charge is 2.26. The number of carbonyl (C=O) groups is 5. The van der Waals surface area contributed by atoms with Crippen LogP contribution in [0.2, 0.25) is 0 Å². The minimum Gasteiger partial charge on any atom is -0.458 e. The fourth-order valence-corrected chi connectivity index (χ4v) is 6.45. The van der Waals surface area contributed by atoms with E-state index < -0.39 is 35.3 Å². The van der Waals surface area contributed by atoms with Crippen molar-refractivity contribution in [3.8, 4) is 0 Å². The zero-order valence-electron chi connectivity index (χ0n) is 43.5. The maximum absolute atomic E-state index is 12.9. The molecule has 4 amide bonds. The van der Waals surface area contributed by atoms with E-state index in [0.29, 0.717) is 164 Å². The van der Waals surface area contributed by atoms with E-state index in [9.17, 15) is 24.0 Å². The maximum atomic E-state index is 12.9. The fraction of sp³-hybridized carbons (Fsp3) is 0.780. The van der Waals surface area contributed by atoms with Crippen molar-refractivity contribution < 1.29 is 71.3 Å². The molecule has 0 bridgehead atoms. The number of hydrogen-bond donors (Lipinski definition) is 5. The number of halogens is 1. The average molecular weight is 1130 g/mol. The van der Waals surface area contributed by atoms with Crippen LogP contribution in [-0.2, 0) is 73.0 Å². The number of carbonyl (C=O) groups excluding carboxylic acids is 5. The Labute approximate surface area is 436 Å². The Morgan fingerprint density at radius 1 is 0.507 bits per heavy atom. The molecule has 0 spiro atoms. The van der Waals surface area contributed by atoms with E-state index in [-0.39, 0.29) is 30.7 Å². The molecule has 21 heteroatoms. The molecule has 1 aromatic carbocycles. The number of ether oxygens (including phenoxy) is 10. The molecule has 2 atom stereocenters. The Morgan fingerprint density at radius 3 is 1.45 bits per heavy atom. The number of aryl methyl sites for hydroxylation is 1. The van der Waals surface area contributed by atoms with E-state index in [2.05, 4.69) is 68.1 Å². The highest BCUT2D eigenvalue weighted by atomic mass is 127. The smallest absolute Gasteiger partial charge is 0.407 e. The van der Waals surface area contributed by atoms with Gasteiger partial charge in [-0.15, -0.1) is 0 Å². The predicted octanol–water partition coefficient (Wildman–Crippen LogP) is 4.39. The van der Waals surface area contributed by atoms with Crippen LogP contribution in [0.1, 0.15) is 105 Å². The molecule has 0 unspecified atom stereocenters. The Hall–Kier alpha value is -3.26. The van der Waals surface area contributed by atoms with Gasteiger partial charge < -0.3 is 74.4 Å². The standard InChI is InChI=1S/C50H88IN5O15/c1-49(2,3)70-47(60)43(14-8-10-21-53-44(57)15-11-12-40-16-18-41(51)19-17-40)56-45(58)20-24-62-26-28-64-30-32-66-34-36-68-38-39-69-37-35-67-33-31-65-29-27-63-25-23-54-46(59)42(52)13-7-9-22-55-48(61)71-50(4,5)6/h16-19,42-43H,7-15,20-39,52H2,1-6H3,(H,53,57)(H,54,59)(H,55,61)(H,56,58)/t42-,43-/m0/s1. The lowest BCUT2D eigenvalue weighted by Crippen LogP contribution is -2.44. The van der Waals surface area contributed by atoms with E-state index in [4.69, 9.17) is 53.1 Å². The van der Waals surface area contributed by atoms with Gasteiger partial charge in [-0.05, 0) is 133 Å². The highest BCUT2D eigenvalue weighted by molar-refractivity contribution is 14.1. The molecule has 0 radical (unpaired) electrons. The van der Waals surface area contributed by atoms with Gasteiger partial charge in [0.15, 0.2) is 0 Å². The molecular formula is C50H88IN5O15. The fourth-order valence-electron chi connectivity index (χ4n) is 6.09. The van der Waals surface area contributed by atoms with Gasteiger partial charge in [-0.3, -0.25) is 14.4 Å². The first-order chi connectivity index (χ1) is 33.9. The third-order valence-electron chi connectivity index (χ3n) is 9.62. The number of alkyl carbamates (subject to hydrolysis) is 1. The summed E-state index contributed by atoms with van der Waals surface area (Å²) in [6, 6.07) is 6.88. The number of benzene rings is 1. The number of rotatable bonds is 44. The summed E-state index contributed by atoms with van der Waals surface area (Å²) in [5.41, 5.74) is 5.93. The Kier molecular flexibility index (Phi) is 39.0. The summed E-state index contributed by atoms with van der Waals surface area (Å²) >= 11 is 2.27. The summed E-state index contributed by atoms with van der Waals surface area (Å²) in [5.74, 6) is -1.03. The second-order valence-electron chi connectivity index (χ2n) is 18.5. The minimum absolute atomic E-state index is 0.00558. The summed E-state index contributed by atoms with van der Waals surface area (Å²) in [7, 11) is 0. The van der Waals surface area contributed by atoms with Crippen molar-refractivity contribution in [2.24, 2.45) is 5.73 Å². The highest BCUT2D eigenvalue weighted by Crippen LogP contribution is 2.13. The predicted molar refractivity (Wildman–Crippen MR) is 277 cm³/mol. The van der Waals surface area contributed by atoms with Crippen LogP contribution in [0.3, 0.4) is 0 Å². The molecule has 0 saturated heterocycles. The molecule has 0 aliphatic carbocycles. The molecule has 1 rings (SSSR count). The van der Waals surface area contributed by atoms with Crippen LogP contribution in [0.5, 0.6) is 0 Å². The van der Waals surface area contributed by atoms with Crippen LogP contribution in [0.15, 0.2) is 24.3 Å². The minimum atomic E-state index is -0.794. The second-order valence-corrected chi connectivity index (χ2v) is 19.7. The zero-order chi connectivity index (χ0) is 52.4. The van der Waals surface area contributed by atoms with Crippen LogP contribution in [0.4, 0.5) is 4.79 Å². The average Bonchev–Trinajstić information content (AvgIpc) is 3.30. The molecule has 71 heavy (non-hydrogen) atoms. The largest absolute Gasteiger partial charge is 0.458 e. The van der Waals surface area contributed by atoms with Crippen molar-refractivity contribution in [2.75, 3.05) is 125 Å². The van der Waals surface area contributed by atoms with Crippen molar-refractivity contribution in [2.45, 2.75) is 129 Å². The Bertz CT molecular complexity index is 1550. The van der Waals surface area contributed by atoms with Gasteiger partial charge in [-0.2, -0.15) is 0 Å². The summed E-state index contributed by atoms with van der Waals surface area (Å²) in [5, 5.41) is 11.2. The van der Waals surface area contributed by atoms with Crippen LogP contribution in [-0.4, -0.2) is 178 Å². The topological polar surface area (TPSA) is 252 Å². The molecule has 0 fully saturated rings. The van der Waals surface area contributed by atoms with Crippen molar-refractivity contribution in [1.29, 1.82) is 0 Å². The second kappa shape index (κ2) is 42.1. The van der Waals surface area contributed by atoms with Crippen molar-refractivity contribution >= 4 is 52.4 Å². The molecule has 0 aromatic heterocycles. The molecule has 0 aliphatic heterocycles. The Morgan fingerprint density at radius 2 is 0.958 bits per heavy atom. The SMILES string of the molecule is CC(C)(C)OC(=O)NCCCC[C@H](N)C(=O)NCCOCCOCCOCCOCCOCCOCCOCCOCCC(=O)N[C@@H](CCCCNC(=O)CCCc1ccc(I)cc1)C(=O)OC(C)(C)C.